The summed E-state index contributed by atoms with van der Waals surface area (Å²) >= 11 is 1.69. The predicted molar refractivity (Wildman–Crippen MR) is 181 cm³/mol. The van der Waals surface area contributed by atoms with E-state index >= 15 is 0 Å². The molecule has 1 N–H and O–H groups in total. The molecule has 1 aliphatic carbocycles. The molecule has 0 bridgehead atoms. The van der Waals surface area contributed by atoms with Gasteiger partial charge in [0.1, 0.15) is 17.9 Å². The average molecular weight is 650 g/mol. The summed E-state index contributed by atoms with van der Waals surface area (Å²) in [5.74, 6) is 1.30. The van der Waals surface area contributed by atoms with Crippen molar-refractivity contribution in [3.8, 4) is 11.5 Å². The second-order valence-electron chi connectivity index (χ2n) is 14.0. The average Bonchev–Trinajstić information content (AvgIpc) is 3.73. The maximum Gasteiger partial charge on any atom is 0.258 e. The number of benzene rings is 1. The monoisotopic (exact) mass is 649 g/mol. The minimum absolute atomic E-state index is 0.0437. The largest absolute Gasteiger partial charge is 0.451 e. The number of anilines is 2. The highest BCUT2D eigenvalue weighted by Crippen LogP contribution is 2.45. The van der Waals surface area contributed by atoms with Crippen LogP contribution in [0, 0.1) is 17.2 Å². The normalized spacial score (nSPS) is 20.5. The molecule has 6 rings (SSSR count). The van der Waals surface area contributed by atoms with E-state index in [1.54, 1.807) is 22.4 Å². The molecule has 1 amide bonds. The molecule has 11 heteroatoms. The number of carbonyl (C=O) groups is 1. The van der Waals surface area contributed by atoms with Gasteiger partial charge in [-0.05, 0) is 115 Å². The Bertz CT molecular complexity index is 1440. The number of ether oxygens (including phenoxy) is 1. The molecule has 1 aromatic carbocycles. The van der Waals surface area contributed by atoms with E-state index in [9.17, 15) is 9.18 Å². The molecular formula is C35H48FN7O2S. The van der Waals surface area contributed by atoms with Crippen LogP contribution < -0.4 is 15.0 Å². The summed E-state index contributed by atoms with van der Waals surface area (Å²) in [5, 5.41) is 6.73. The molecule has 4 heterocycles. The van der Waals surface area contributed by atoms with Gasteiger partial charge in [-0.1, -0.05) is 0 Å². The van der Waals surface area contributed by atoms with E-state index in [4.69, 9.17) is 4.74 Å². The first-order valence-corrected chi connectivity index (χ1v) is 17.8. The third-order valence-electron chi connectivity index (χ3n) is 10.2. The minimum atomic E-state index is -0.477. The van der Waals surface area contributed by atoms with E-state index in [0.29, 0.717) is 34.7 Å². The Hall–Kier alpha value is -3.31. The molecule has 3 aliphatic rings. The lowest BCUT2D eigenvalue weighted by Gasteiger charge is -2.46. The number of carbonyl (C=O) groups excluding carboxylic acids is 1. The highest BCUT2D eigenvalue weighted by molar-refractivity contribution is 7.13. The van der Waals surface area contributed by atoms with Gasteiger partial charge in [-0.15, -0.1) is 11.3 Å². The number of halogens is 1. The first-order chi connectivity index (χ1) is 22.2. The number of nitrogens with zero attached hydrogens (tertiary/aromatic N) is 6. The second-order valence-corrected chi connectivity index (χ2v) is 14.9. The Morgan fingerprint density at radius 3 is 2.52 bits per heavy atom. The van der Waals surface area contributed by atoms with Crippen molar-refractivity contribution in [3.05, 3.63) is 53.7 Å². The molecule has 1 spiro atoms. The Balaban J connectivity index is 1.05. The molecule has 2 saturated heterocycles. The van der Waals surface area contributed by atoms with E-state index in [2.05, 4.69) is 30.1 Å². The van der Waals surface area contributed by atoms with Gasteiger partial charge in [-0.2, -0.15) is 0 Å². The molecule has 2 aromatic heterocycles. The van der Waals surface area contributed by atoms with Crippen molar-refractivity contribution in [1.82, 2.24) is 24.8 Å². The van der Waals surface area contributed by atoms with Crippen molar-refractivity contribution >= 4 is 28.2 Å². The molecule has 0 unspecified atom stereocenters. The van der Waals surface area contributed by atoms with Gasteiger partial charge in [-0.3, -0.25) is 4.79 Å². The van der Waals surface area contributed by atoms with Gasteiger partial charge in [0.05, 0.1) is 11.8 Å². The number of piperidine rings is 1. The first kappa shape index (κ1) is 32.6. The molecule has 1 atom stereocenters. The summed E-state index contributed by atoms with van der Waals surface area (Å²) in [4.78, 5) is 33.5. The quantitative estimate of drug-likeness (QED) is 0.249. The van der Waals surface area contributed by atoms with Crippen molar-refractivity contribution < 1.29 is 13.9 Å². The summed E-state index contributed by atoms with van der Waals surface area (Å²) in [6, 6.07) is 4.58. The van der Waals surface area contributed by atoms with Crippen LogP contribution in [-0.4, -0.2) is 81.5 Å². The fourth-order valence-corrected chi connectivity index (χ4v) is 8.40. The smallest absolute Gasteiger partial charge is 0.258 e. The summed E-state index contributed by atoms with van der Waals surface area (Å²) < 4.78 is 20.7. The van der Waals surface area contributed by atoms with Gasteiger partial charge in [0.25, 0.3) is 5.91 Å². The molecule has 0 radical (unpaired) electrons. The van der Waals surface area contributed by atoms with Crippen LogP contribution >= 0.6 is 11.3 Å². The highest BCUT2D eigenvalue weighted by atomic mass is 32.1. The van der Waals surface area contributed by atoms with E-state index < -0.39 is 5.82 Å². The van der Waals surface area contributed by atoms with Gasteiger partial charge >= 0.3 is 0 Å². The fraction of sp³-hybridized carbons (Fsp3) is 0.600. The maximum atomic E-state index is 14.4. The van der Waals surface area contributed by atoms with Gasteiger partial charge < -0.3 is 24.8 Å². The fourth-order valence-electron chi connectivity index (χ4n) is 7.79. The topological polar surface area (TPSA) is 86.7 Å². The van der Waals surface area contributed by atoms with Crippen molar-refractivity contribution in [1.29, 1.82) is 0 Å². The number of hydrogen-bond acceptors (Lipinski definition) is 9. The molecule has 9 nitrogen and oxygen atoms in total. The molecule has 248 valence electrons. The van der Waals surface area contributed by atoms with Crippen LogP contribution in [0.15, 0.2) is 42.3 Å². The summed E-state index contributed by atoms with van der Waals surface area (Å²) in [6.07, 6.45) is 13.8. The summed E-state index contributed by atoms with van der Waals surface area (Å²) in [5.41, 5.74) is 0.706. The van der Waals surface area contributed by atoms with Crippen LogP contribution in [0.5, 0.6) is 11.5 Å². The Kier molecular flexibility index (Phi) is 10.1. The zero-order valence-electron chi connectivity index (χ0n) is 27.6. The van der Waals surface area contributed by atoms with Gasteiger partial charge in [-0.25, -0.2) is 19.3 Å². The number of nitrogens with one attached hydrogen (secondary N) is 1. The van der Waals surface area contributed by atoms with Crippen molar-refractivity contribution in [3.63, 3.8) is 0 Å². The van der Waals surface area contributed by atoms with Crippen molar-refractivity contribution in [2.24, 2.45) is 11.3 Å². The predicted octanol–water partition coefficient (Wildman–Crippen LogP) is 7.09. The Morgan fingerprint density at radius 1 is 1.07 bits per heavy atom. The van der Waals surface area contributed by atoms with Gasteiger partial charge in [0.2, 0.25) is 0 Å². The molecule has 3 fully saturated rings. The SMILES string of the molecule is CC(C)N(C(=O)c1cc(F)ccc1Oc1cncnc1N1CC[C@@H](CN2CCC3(CCC(Nc4nccs4)CC3)CC2)C1)C(C)C. The first-order valence-electron chi connectivity index (χ1n) is 16.9. The number of aromatic nitrogens is 3. The van der Waals surface area contributed by atoms with Gasteiger partial charge in [0.15, 0.2) is 16.7 Å². The Morgan fingerprint density at radius 2 is 1.83 bits per heavy atom. The van der Waals surface area contributed by atoms with Crippen LogP contribution in [0.3, 0.4) is 0 Å². The zero-order valence-corrected chi connectivity index (χ0v) is 28.4. The van der Waals surface area contributed by atoms with Crippen LogP contribution in [0.2, 0.25) is 0 Å². The van der Waals surface area contributed by atoms with Crippen molar-refractivity contribution in [2.45, 2.75) is 90.8 Å². The van der Waals surface area contributed by atoms with Crippen LogP contribution in [-0.2, 0) is 0 Å². The molecule has 3 aromatic rings. The maximum absolute atomic E-state index is 14.4. The Labute approximate surface area is 276 Å². The third-order valence-corrected chi connectivity index (χ3v) is 10.9. The van der Waals surface area contributed by atoms with E-state index in [-0.39, 0.29) is 23.6 Å². The standard InChI is InChI=1S/C35H48FN7O2S/c1-24(2)43(25(3)4)33(44)29-19-27(36)5-6-30(29)45-31-20-37-23-39-32(31)42-15-9-26(22-42)21-41-16-12-35(13-17-41)10-7-28(8-11-35)40-34-38-14-18-46-34/h5-6,14,18-20,23-26,28H,7-13,15-17,21-22H2,1-4H3,(H,38,40)/t26-/m0/s1. The van der Waals surface area contributed by atoms with Crippen molar-refractivity contribution in [2.75, 3.05) is 42.9 Å². The van der Waals surface area contributed by atoms with Gasteiger partial charge in [0, 0.05) is 49.3 Å². The molecule has 2 aliphatic heterocycles. The second kappa shape index (κ2) is 14.2. The lowest BCUT2D eigenvalue weighted by Crippen LogP contribution is -2.45. The van der Waals surface area contributed by atoms with E-state index in [1.807, 2.05) is 39.3 Å². The minimum Gasteiger partial charge on any atom is -0.451 e. The lowest BCUT2D eigenvalue weighted by molar-refractivity contribution is 0.0584. The number of hydrogen-bond donors (Lipinski definition) is 1. The molecule has 1 saturated carbocycles. The number of rotatable bonds is 10. The lowest BCUT2D eigenvalue weighted by atomic mass is 9.67. The number of amides is 1. The van der Waals surface area contributed by atoms with Crippen LogP contribution in [0.25, 0.3) is 0 Å². The zero-order chi connectivity index (χ0) is 32.3. The summed E-state index contributed by atoms with van der Waals surface area (Å²) in [7, 11) is 0. The number of thiazole rings is 1. The third kappa shape index (κ3) is 7.46. The highest BCUT2D eigenvalue weighted by Gasteiger charge is 2.39. The summed E-state index contributed by atoms with van der Waals surface area (Å²) in [6.45, 7) is 13.1. The molecular weight excluding hydrogens is 601 g/mol. The van der Waals surface area contributed by atoms with E-state index in [0.717, 1.165) is 31.2 Å². The van der Waals surface area contributed by atoms with E-state index in [1.165, 1.54) is 76.1 Å². The van der Waals surface area contributed by atoms with Crippen LogP contribution in [0.1, 0.15) is 83.0 Å². The number of likely N-dealkylation sites (tertiary alicyclic amines) is 1. The molecule has 46 heavy (non-hydrogen) atoms. The van der Waals surface area contributed by atoms with Crippen LogP contribution in [0.4, 0.5) is 15.3 Å².